The SMILES string of the molecule is COCCNCCC=C(C)Cc1cc(C)nn1C. The monoisotopic (exact) mass is 251 g/mol. The molecule has 0 saturated carbocycles. The summed E-state index contributed by atoms with van der Waals surface area (Å²) in [5.74, 6) is 0. The quantitative estimate of drug-likeness (QED) is 0.566. The Labute approximate surface area is 110 Å². The van der Waals surface area contributed by atoms with E-state index in [9.17, 15) is 0 Å². The maximum atomic E-state index is 4.98. The van der Waals surface area contributed by atoms with E-state index in [2.05, 4.69) is 29.5 Å². The summed E-state index contributed by atoms with van der Waals surface area (Å²) in [5, 5.41) is 7.69. The molecule has 0 saturated heterocycles. The Balaban J connectivity index is 2.27. The van der Waals surface area contributed by atoms with Crippen LogP contribution in [0.3, 0.4) is 0 Å². The van der Waals surface area contributed by atoms with Gasteiger partial charge < -0.3 is 10.1 Å². The summed E-state index contributed by atoms with van der Waals surface area (Å²) in [7, 11) is 3.73. The number of aryl methyl sites for hydroxylation is 2. The normalized spacial score (nSPS) is 12.1. The van der Waals surface area contributed by atoms with Gasteiger partial charge in [0.15, 0.2) is 0 Å². The molecular weight excluding hydrogens is 226 g/mol. The van der Waals surface area contributed by atoms with Gasteiger partial charge in [0.1, 0.15) is 0 Å². The first-order chi connectivity index (χ1) is 8.63. The molecule has 0 radical (unpaired) electrons. The Morgan fingerprint density at radius 2 is 2.28 bits per heavy atom. The van der Waals surface area contributed by atoms with E-state index in [0.717, 1.165) is 38.2 Å². The van der Waals surface area contributed by atoms with Crippen molar-refractivity contribution >= 4 is 0 Å². The lowest BCUT2D eigenvalue weighted by Gasteiger charge is -2.04. The van der Waals surface area contributed by atoms with Crippen LogP contribution in [0.25, 0.3) is 0 Å². The van der Waals surface area contributed by atoms with Gasteiger partial charge in [-0.05, 0) is 32.9 Å². The van der Waals surface area contributed by atoms with Crippen LogP contribution in [0.15, 0.2) is 17.7 Å². The minimum absolute atomic E-state index is 0.775. The smallest absolute Gasteiger partial charge is 0.0596 e. The molecule has 0 amide bonds. The molecule has 0 spiro atoms. The molecule has 1 heterocycles. The average Bonchev–Trinajstić information content (AvgIpc) is 2.62. The van der Waals surface area contributed by atoms with Crippen LogP contribution in [0, 0.1) is 6.92 Å². The maximum Gasteiger partial charge on any atom is 0.0596 e. The van der Waals surface area contributed by atoms with E-state index < -0.39 is 0 Å². The van der Waals surface area contributed by atoms with Crippen molar-refractivity contribution < 1.29 is 4.74 Å². The van der Waals surface area contributed by atoms with E-state index in [-0.39, 0.29) is 0 Å². The van der Waals surface area contributed by atoms with Crippen LogP contribution in [0.5, 0.6) is 0 Å². The third-order valence-corrected chi connectivity index (χ3v) is 2.86. The van der Waals surface area contributed by atoms with E-state index in [1.807, 2.05) is 18.7 Å². The highest BCUT2D eigenvalue weighted by Gasteiger charge is 2.02. The molecule has 1 rings (SSSR count). The second-order valence-corrected chi connectivity index (χ2v) is 4.66. The first kappa shape index (κ1) is 14.9. The number of allylic oxidation sites excluding steroid dienone is 1. The zero-order valence-electron chi connectivity index (χ0n) is 12.0. The Bertz CT molecular complexity index is 382. The average molecular weight is 251 g/mol. The Morgan fingerprint density at radius 3 is 2.89 bits per heavy atom. The number of nitrogens with zero attached hydrogens (tertiary/aromatic N) is 2. The molecule has 0 atom stereocenters. The maximum absolute atomic E-state index is 4.98. The Hall–Kier alpha value is -1.13. The molecular formula is C14H25N3O. The standard InChI is InChI=1S/C14H25N3O/c1-12(6-5-7-15-8-9-18-4)10-14-11-13(2)16-17(14)3/h6,11,15H,5,7-10H2,1-4H3. The summed E-state index contributed by atoms with van der Waals surface area (Å²) in [5.41, 5.74) is 3.75. The first-order valence-electron chi connectivity index (χ1n) is 6.48. The second-order valence-electron chi connectivity index (χ2n) is 4.66. The van der Waals surface area contributed by atoms with Gasteiger partial charge in [-0.25, -0.2) is 0 Å². The van der Waals surface area contributed by atoms with Crippen molar-refractivity contribution in [2.75, 3.05) is 26.8 Å². The molecule has 1 aromatic rings. The summed E-state index contributed by atoms with van der Waals surface area (Å²) in [6.07, 6.45) is 4.34. The predicted molar refractivity (Wildman–Crippen MR) is 74.8 cm³/mol. The van der Waals surface area contributed by atoms with Crippen molar-refractivity contribution in [3.05, 3.63) is 29.1 Å². The molecule has 4 heteroatoms. The predicted octanol–water partition coefficient (Wildman–Crippen LogP) is 1.84. The van der Waals surface area contributed by atoms with Crippen molar-refractivity contribution in [1.29, 1.82) is 0 Å². The topological polar surface area (TPSA) is 39.1 Å². The van der Waals surface area contributed by atoms with E-state index in [1.165, 1.54) is 11.3 Å². The van der Waals surface area contributed by atoms with Crippen LogP contribution in [-0.4, -0.2) is 36.6 Å². The largest absolute Gasteiger partial charge is 0.383 e. The van der Waals surface area contributed by atoms with Gasteiger partial charge in [0.25, 0.3) is 0 Å². The van der Waals surface area contributed by atoms with Crippen molar-refractivity contribution in [2.45, 2.75) is 26.7 Å². The number of nitrogens with one attached hydrogen (secondary N) is 1. The van der Waals surface area contributed by atoms with Gasteiger partial charge in [-0.3, -0.25) is 4.68 Å². The van der Waals surface area contributed by atoms with Crippen molar-refractivity contribution in [1.82, 2.24) is 15.1 Å². The zero-order valence-corrected chi connectivity index (χ0v) is 12.0. The third kappa shape index (κ3) is 5.47. The molecule has 0 aromatic carbocycles. The lowest BCUT2D eigenvalue weighted by Crippen LogP contribution is -2.19. The summed E-state index contributed by atoms with van der Waals surface area (Å²) in [4.78, 5) is 0. The number of hydrogen-bond acceptors (Lipinski definition) is 3. The number of methoxy groups -OCH3 is 1. The van der Waals surface area contributed by atoms with Crippen LogP contribution < -0.4 is 5.32 Å². The highest BCUT2D eigenvalue weighted by molar-refractivity contribution is 5.16. The van der Waals surface area contributed by atoms with Crippen LogP contribution in [0.4, 0.5) is 0 Å². The van der Waals surface area contributed by atoms with Gasteiger partial charge in [-0.15, -0.1) is 0 Å². The van der Waals surface area contributed by atoms with Crippen molar-refractivity contribution in [2.24, 2.45) is 7.05 Å². The molecule has 102 valence electrons. The number of rotatable bonds is 8. The van der Waals surface area contributed by atoms with Gasteiger partial charge in [-0.1, -0.05) is 11.6 Å². The van der Waals surface area contributed by atoms with Crippen LogP contribution in [0.1, 0.15) is 24.7 Å². The van der Waals surface area contributed by atoms with Crippen molar-refractivity contribution in [3.8, 4) is 0 Å². The molecule has 18 heavy (non-hydrogen) atoms. The van der Waals surface area contributed by atoms with Gasteiger partial charge in [0.2, 0.25) is 0 Å². The summed E-state index contributed by atoms with van der Waals surface area (Å²) in [6, 6.07) is 2.15. The molecule has 0 fully saturated rings. The fraction of sp³-hybridized carbons (Fsp3) is 0.643. The first-order valence-corrected chi connectivity index (χ1v) is 6.48. The number of hydrogen-bond donors (Lipinski definition) is 1. The highest BCUT2D eigenvalue weighted by atomic mass is 16.5. The van der Waals surface area contributed by atoms with E-state index in [1.54, 1.807) is 7.11 Å². The molecule has 0 aliphatic heterocycles. The van der Waals surface area contributed by atoms with Crippen LogP contribution in [0.2, 0.25) is 0 Å². The van der Waals surface area contributed by atoms with E-state index in [4.69, 9.17) is 4.74 Å². The lowest BCUT2D eigenvalue weighted by molar-refractivity contribution is 0.199. The van der Waals surface area contributed by atoms with E-state index >= 15 is 0 Å². The molecule has 4 nitrogen and oxygen atoms in total. The van der Waals surface area contributed by atoms with Crippen LogP contribution >= 0.6 is 0 Å². The Kier molecular flexibility index (Phi) is 6.68. The minimum Gasteiger partial charge on any atom is -0.383 e. The summed E-state index contributed by atoms with van der Waals surface area (Å²) < 4.78 is 6.94. The number of ether oxygens (including phenoxy) is 1. The molecule has 1 aromatic heterocycles. The van der Waals surface area contributed by atoms with Gasteiger partial charge in [0.05, 0.1) is 12.3 Å². The summed E-state index contributed by atoms with van der Waals surface area (Å²) in [6.45, 7) is 6.91. The molecule has 0 aliphatic carbocycles. The fourth-order valence-corrected chi connectivity index (χ4v) is 1.91. The fourth-order valence-electron chi connectivity index (χ4n) is 1.91. The van der Waals surface area contributed by atoms with Crippen molar-refractivity contribution in [3.63, 3.8) is 0 Å². The van der Waals surface area contributed by atoms with Gasteiger partial charge in [0, 0.05) is 32.8 Å². The summed E-state index contributed by atoms with van der Waals surface area (Å²) >= 11 is 0. The zero-order chi connectivity index (χ0) is 13.4. The Morgan fingerprint density at radius 1 is 1.50 bits per heavy atom. The van der Waals surface area contributed by atoms with E-state index in [0.29, 0.717) is 0 Å². The number of aromatic nitrogens is 2. The molecule has 1 N–H and O–H groups in total. The lowest BCUT2D eigenvalue weighted by atomic mass is 10.1. The van der Waals surface area contributed by atoms with Gasteiger partial charge in [-0.2, -0.15) is 5.10 Å². The highest BCUT2D eigenvalue weighted by Crippen LogP contribution is 2.09. The molecule has 0 bridgehead atoms. The van der Waals surface area contributed by atoms with Crippen LogP contribution in [-0.2, 0) is 18.2 Å². The minimum atomic E-state index is 0.775. The molecule has 0 aliphatic rings. The van der Waals surface area contributed by atoms with Gasteiger partial charge >= 0.3 is 0 Å². The second kappa shape index (κ2) is 8.06. The molecule has 0 unspecified atom stereocenters. The third-order valence-electron chi connectivity index (χ3n) is 2.86.